The molecule has 2 aliphatic heterocycles. The molecule has 0 saturated carbocycles. The first kappa shape index (κ1) is 45.4. The molecule has 0 spiro atoms. The standard InChI is InChI=1S/C56H60N8.Fe/c1-61(2,3)41-21-13-37(14-22-41)53-45-29-31-47(57-45)54(38-15-23-42(24-16-38)62(4,5)6)49-33-35-51(59-49)56(40-19-27-44(28-20-40)64(10,11)12)52-36-34-50(60-52)55(48-32-30-46(53)58-48)39-17-25-43(26-18-39)63(7,8)9;/h13-36H,1-12H3;/q2*+2. The Bertz CT molecular complexity index is 2720. The van der Waals surface area contributed by atoms with E-state index in [1.165, 1.54) is 22.7 Å². The maximum Gasteiger partial charge on any atom is 2.00 e. The predicted octanol–water partition coefficient (Wildman–Crippen LogP) is 11.4. The van der Waals surface area contributed by atoms with E-state index < -0.39 is 0 Å². The van der Waals surface area contributed by atoms with Gasteiger partial charge in [0.15, 0.2) is 0 Å². The van der Waals surface area contributed by atoms with Gasteiger partial charge in [0, 0.05) is 0 Å². The third-order valence-electron chi connectivity index (χ3n) is 12.3. The molecule has 9 rings (SSSR count). The third-order valence-corrected chi connectivity index (χ3v) is 12.3. The normalized spacial score (nSPS) is 13.0. The van der Waals surface area contributed by atoms with Crippen LogP contribution in [0.3, 0.4) is 0 Å². The van der Waals surface area contributed by atoms with Gasteiger partial charge in [0.25, 0.3) is 0 Å². The summed E-state index contributed by atoms with van der Waals surface area (Å²) in [5.74, 6) is 0. The SMILES string of the molecule is C[N+](C)(C)c1ccc(-c2c3nc(c(-c4ccc([N+](C)(C)C)cc4)c4ccc([n-]4)c(-c4ccc([N+](C)(C)C)cc4)c4nc(c(-c5ccc([N+](C)(C)C)cc5)c5ccc2[n-]5)C=C4)C=C3)cc1.[Fe+2]. The van der Waals surface area contributed by atoms with Crippen molar-refractivity contribution in [2.24, 2.45) is 0 Å². The molecule has 65 heavy (non-hydrogen) atoms. The van der Waals surface area contributed by atoms with Crippen molar-refractivity contribution in [3.63, 3.8) is 0 Å². The zero-order chi connectivity index (χ0) is 45.3. The first-order chi connectivity index (χ1) is 30.2. The molecule has 0 N–H and O–H groups in total. The minimum Gasteiger partial charge on any atom is -0.657 e. The van der Waals surface area contributed by atoms with Gasteiger partial charge >= 0.3 is 17.1 Å². The minimum absolute atomic E-state index is 0. The van der Waals surface area contributed by atoms with Crippen molar-refractivity contribution < 1.29 is 17.1 Å². The molecule has 0 amide bonds. The number of benzene rings is 4. The number of hydrogen-bond donors (Lipinski definition) is 0. The number of aromatic nitrogens is 4. The molecule has 0 atom stereocenters. The number of hydrogen-bond acceptors (Lipinski definition) is 2. The van der Waals surface area contributed by atoms with Crippen LogP contribution in [-0.2, 0) is 17.1 Å². The largest absolute Gasteiger partial charge is 2.00 e. The summed E-state index contributed by atoms with van der Waals surface area (Å²) in [7, 11) is 26.3. The van der Waals surface area contributed by atoms with Crippen molar-refractivity contribution in [2.45, 2.75) is 0 Å². The van der Waals surface area contributed by atoms with E-state index in [0.717, 1.165) is 89.4 Å². The summed E-state index contributed by atoms with van der Waals surface area (Å²) in [6.45, 7) is 0. The fourth-order valence-corrected chi connectivity index (χ4v) is 8.57. The van der Waals surface area contributed by atoms with E-state index >= 15 is 0 Å². The average Bonchev–Trinajstić information content (AvgIpc) is 4.08. The molecule has 0 saturated heterocycles. The van der Waals surface area contributed by atoms with Crippen molar-refractivity contribution in [3.8, 4) is 44.5 Å². The summed E-state index contributed by atoms with van der Waals surface area (Å²) in [6, 6.07) is 43.9. The van der Waals surface area contributed by atoms with Gasteiger partial charge in [-0.15, -0.1) is 22.1 Å². The molecule has 8 nitrogen and oxygen atoms in total. The van der Waals surface area contributed by atoms with Crippen molar-refractivity contribution >= 4 is 69.1 Å². The van der Waals surface area contributed by atoms with Crippen LogP contribution in [0.2, 0.25) is 0 Å². The fraction of sp³-hybridized carbons (Fsp3) is 0.214. The molecule has 7 aromatic rings. The van der Waals surface area contributed by atoms with Crippen LogP contribution in [-0.4, -0.2) is 94.5 Å². The molecule has 4 aromatic carbocycles. The van der Waals surface area contributed by atoms with E-state index in [-0.39, 0.29) is 17.1 Å². The Morgan fingerprint density at radius 2 is 0.462 bits per heavy atom. The fourth-order valence-electron chi connectivity index (χ4n) is 8.57. The van der Waals surface area contributed by atoms with Crippen LogP contribution < -0.4 is 27.9 Å². The molecule has 328 valence electrons. The van der Waals surface area contributed by atoms with Crippen LogP contribution in [0.4, 0.5) is 22.7 Å². The number of fused-ring (bicyclic) bond motifs is 8. The van der Waals surface area contributed by atoms with E-state index in [0.29, 0.717) is 17.9 Å². The van der Waals surface area contributed by atoms with Crippen molar-refractivity contribution in [1.82, 2.24) is 37.9 Å². The molecular weight excluding hydrogens is 841 g/mol. The Kier molecular flexibility index (Phi) is 11.7. The molecule has 0 aliphatic carbocycles. The Labute approximate surface area is 395 Å². The Balaban J connectivity index is 0.00000576. The first-order valence-electron chi connectivity index (χ1n) is 22.0. The molecule has 3 aromatic heterocycles. The van der Waals surface area contributed by atoms with Gasteiger partial charge in [-0.05, 0) is 166 Å². The summed E-state index contributed by atoms with van der Waals surface area (Å²) in [4.78, 5) is 22.0. The van der Waals surface area contributed by atoms with Crippen LogP contribution in [0.25, 0.3) is 90.9 Å². The number of nitrogens with zero attached hydrogens (tertiary/aromatic N) is 8. The van der Waals surface area contributed by atoms with Crippen molar-refractivity contribution in [2.75, 3.05) is 84.6 Å². The number of rotatable bonds is 8. The van der Waals surface area contributed by atoms with Crippen molar-refractivity contribution in [1.29, 1.82) is 0 Å². The topological polar surface area (TPSA) is 54.0 Å². The third kappa shape index (κ3) is 8.96. The van der Waals surface area contributed by atoms with Crippen LogP contribution >= 0.6 is 0 Å². The predicted molar refractivity (Wildman–Crippen MR) is 277 cm³/mol. The van der Waals surface area contributed by atoms with Gasteiger partial charge in [-0.2, -0.15) is 0 Å². The van der Waals surface area contributed by atoms with Crippen LogP contribution in [0.5, 0.6) is 0 Å². The zero-order valence-corrected chi connectivity index (χ0v) is 40.9. The summed E-state index contributed by atoms with van der Waals surface area (Å²) in [5, 5.41) is 0. The second-order valence-corrected chi connectivity index (χ2v) is 20.6. The Morgan fingerprint density at radius 1 is 0.277 bits per heavy atom. The van der Waals surface area contributed by atoms with Gasteiger partial charge in [-0.25, -0.2) is 9.97 Å². The van der Waals surface area contributed by atoms with E-state index in [1.54, 1.807) is 0 Å². The monoisotopic (exact) mass is 900 g/mol. The molecule has 8 bridgehead atoms. The van der Waals surface area contributed by atoms with Gasteiger partial charge in [0.05, 0.1) is 107 Å². The summed E-state index contributed by atoms with van der Waals surface area (Å²) >= 11 is 0. The summed E-state index contributed by atoms with van der Waals surface area (Å²) in [6.07, 6.45) is 8.56. The average molecular weight is 901 g/mol. The minimum atomic E-state index is 0. The van der Waals surface area contributed by atoms with Gasteiger partial charge in [0.1, 0.15) is 22.7 Å². The van der Waals surface area contributed by atoms with E-state index in [2.05, 4.69) is 230 Å². The van der Waals surface area contributed by atoms with Crippen LogP contribution in [0.15, 0.2) is 121 Å². The summed E-state index contributed by atoms with van der Waals surface area (Å²) in [5.41, 5.74) is 19.7. The van der Waals surface area contributed by atoms with Crippen molar-refractivity contribution in [3.05, 3.63) is 144 Å². The zero-order valence-electron chi connectivity index (χ0n) is 39.8. The molecule has 0 radical (unpaired) electrons. The maximum absolute atomic E-state index is 5.50. The Hall–Kier alpha value is -6.16. The van der Waals surface area contributed by atoms with E-state index in [4.69, 9.17) is 19.9 Å². The van der Waals surface area contributed by atoms with Gasteiger partial charge in [-0.3, -0.25) is 17.9 Å². The Morgan fingerprint density at radius 3 is 0.631 bits per heavy atom. The maximum atomic E-state index is 5.50. The molecular formula is C56H60FeN8+4. The van der Waals surface area contributed by atoms with Crippen LogP contribution in [0, 0.1) is 0 Å². The molecule has 0 unspecified atom stereocenters. The second kappa shape index (κ2) is 16.7. The van der Waals surface area contributed by atoms with Gasteiger partial charge < -0.3 is 9.97 Å². The van der Waals surface area contributed by atoms with E-state index in [1.807, 2.05) is 0 Å². The summed E-state index contributed by atoms with van der Waals surface area (Å²) < 4.78 is 2.86. The van der Waals surface area contributed by atoms with Crippen LogP contribution in [0.1, 0.15) is 22.8 Å². The second-order valence-electron chi connectivity index (χ2n) is 20.6. The first-order valence-corrected chi connectivity index (χ1v) is 22.0. The molecule has 0 fully saturated rings. The van der Waals surface area contributed by atoms with Gasteiger partial charge in [0.2, 0.25) is 0 Å². The number of quaternary nitrogens is 4. The quantitative estimate of drug-likeness (QED) is 0.113. The molecule has 2 aliphatic rings. The van der Waals surface area contributed by atoms with Gasteiger partial charge in [-0.1, -0.05) is 24.3 Å². The molecule has 9 heteroatoms. The van der Waals surface area contributed by atoms with E-state index in [9.17, 15) is 0 Å². The molecule has 5 heterocycles. The smallest absolute Gasteiger partial charge is 0.657 e.